The van der Waals surface area contributed by atoms with E-state index in [-0.39, 0.29) is 16.3 Å². The maximum Gasteiger partial charge on any atom is 0.274 e. The molecular formula is C20H17N3O5S. The van der Waals surface area contributed by atoms with Crippen LogP contribution in [-0.4, -0.2) is 37.2 Å². The molecular weight excluding hydrogens is 394 g/mol. The number of carbonyl (C=O) groups excluding carboxylic acids is 2. The van der Waals surface area contributed by atoms with Crippen LogP contribution in [0, 0.1) is 0 Å². The number of sulfone groups is 1. The molecule has 4 rings (SSSR count). The molecule has 1 aliphatic rings. The van der Waals surface area contributed by atoms with Gasteiger partial charge in [-0.3, -0.25) is 9.59 Å². The standard InChI is InChI=1S/C20H17N3O5S/c24-19(16-11-14(28-23-16)10-13-6-2-1-3-7-13)22-17-12-29(26,27)18-9-5-4-8-15(18)21-20(17)25/h1-9,11,17H,10,12H2,(H,21,25)(H,22,24)/t17-/m1/s1. The van der Waals surface area contributed by atoms with Gasteiger partial charge in [0.1, 0.15) is 11.8 Å². The molecule has 2 amide bonds. The van der Waals surface area contributed by atoms with Crippen molar-refractivity contribution in [1.29, 1.82) is 0 Å². The van der Waals surface area contributed by atoms with Gasteiger partial charge in [0, 0.05) is 12.5 Å². The minimum Gasteiger partial charge on any atom is -0.360 e. The monoisotopic (exact) mass is 411 g/mol. The second kappa shape index (κ2) is 7.51. The third-order valence-electron chi connectivity index (χ3n) is 4.50. The normalized spacial score (nSPS) is 17.7. The van der Waals surface area contributed by atoms with E-state index in [1.54, 1.807) is 12.1 Å². The van der Waals surface area contributed by atoms with E-state index in [1.807, 2.05) is 30.3 Å². The number of fused-ring (bicyclic) bond motifs is 1. The highest BCUT2D eigenvalue weighted by molar-refractivity contribution is 7.91. The molecule has 148 valence electrons. The van der Waals surface area contributed by atoms with Crippen LogP contribution in [0.1, 0.15) is 21.8 Å². The average Bonchev–Trinajstić information content (AvgIpc) is 3.13. The molecule has 0 unspecified atom stereocenters. The van der Waals surface area contributed by atoms with Crippen LogP contribution < -0.4 is 10.6 Å². The number of carbonyl (C=O) groups is 2. The Morgan fingerprint density at radius 2 is 1.86 bits per heavy atom. The first-order valence-electron chi connectivity index (χ1n) is 8.85. The van der Waals surface area contributed by atoms with Crippen molar-refractivity contribution < 1.29 is 22.5 Å². The Labute approximate surface area is 166 Å². The summed E-state index contributed by atoms with van der Waals surface area (Å²) in [5, 5.41) is 8.72. The lowest BCUT2D eigenvalue weighted by molar-refractivity contribution is -0.117. The lowest BCUT2D eigenvalue weighted by Crippen LogP contribution is -2.46. The second-order valence-electron chi connectivity index (χ2n) is 6.63. The lowest BCUT2D eigenvalue weighted by Gasteiger charge is -2.13. The zero-order valence-corrected chi connectivity index (χ0v) is 16.0. The highest BCUT2D eigenvalue weighted by Crippen LogP contribution is 2.25. The van der Waals surface area contributed by atoms with Crippen molar-refractivity contribution >= 4 is 27.3 Å². The van der Waals surface area contributed by atoms with Crippen LogP contribution in [0.2, 0.25) is 0 Å². The Morgan fingerprint density at radius 3 is 2.66 bits per heavy atom. The van der Waals surface area contributed by atoms with Gasteiger partial charge < -0.3 is 15.2 Å². The van der Waals surface area contributed by atoms with Crippen molar-refractivity contribution in [3.05, 3.63) is 77.7 Å². The Morgan fingerprint density at radius 1 is 1.14 bits per heavy atom. The lowest BCUT2D eigenvalue weighted by atomic mass is 10.1. The Kier molecular flexibility index (Phi) is 4.89. The summed E-state index contributed by atoms with van der Waals surface area (Å²) in [6.07, 6.45) is 0.453. The molecule has 3 aromatic rings. The first kappa shape index (κ1) is 18.9. The Hall–Kier alpha value is -3.46. The summed E-state index contributed by atoms with van der Waals surface area (Å²) < 4.78 is 30.4. The van der Waals surface area contributed by atoms with Crippen molar-refractivity contribution in [1.82, 2.24) is 10.5 Å². The van der Waals surface area contributed by atoms with E-state index in [9.17, 15) is 18.0 Å². The van der Waals surface area contributed by atoms with Crippen LogP contribution in [-0.2, 0) is 21.1 Å². The smallest absolute Gasteiger partial charge is 0.274 e. The summed E-state index contributed by atoms with van der Waals surface area (Å²) in [6, 6.07) is 15.8. The molecule has 2 aromatic carbocycles. The van der Waals surface area contributed by atoms with Gasteiger partial charge in [-0.2, -0.15) is 0 Å². The van der Waals surface area contributed by atoms with Gasteiger partial charge in [0.2, 0.25) is 5.91 Å². The summed E-state index contributed by atoms with van der Waals surface area (Å²) in [6.45, 7) is 0. The number of benzene rings is 2. The van der Waals surface area contributed by atoms with Gasteiger partial charge >= 0.3 is 0 Å². The van der Waals surface area contributed by atoms with Crippen molar-refractivity contribution in [2.24, 2.45) is 0 Å². The van der Waals surface area contributed by atoms with Gasteiger partial charge in [-0.1, -0.05) is 47.6 Å². The van der Waals surface area contributed by atoms with Crippen LogP contribution in [0.25, 0.3) is 0 Å². The van der Waals surface area contributed by atoms with Crippen LogP contribution in [0.5, 0.6) is 0 Å². The van der Waals surface area contributed by atoms with Crippen LogP contribution in [0.15, 0.2) is 70.1 Å². The summed E-state index contributed by atoms with van der Waals surface area (Å²) in [5.41, 5.74) is 1.16. The van der Waals surface area contributed by atoms with Gasteiger partial charge in [-0.15, -0.1) is 0 Å². The summed E-state index contributed by atoms with van der Waals surface area (Å²) in [5.74, 6) is -1.36. The Bertz CT molecular complexity index is 1170. The molecule has 29 heavy (non-hydrogen) atoms. The maximum atomic E-state index is 12.6. The van der Waals surface area contributed by atoms with E-state index in [1.165, 1.54) is 18.2 Å². The van der Waals surface area contributed by atoms with E-state index < -0.39 is 33.4 Å². The molecule has 1 atom stereocenters. The van der Waals surface area contributed by atoms with Crippen LogP contribution in [0.4, 0.5) is 5.69 Å². The maximum absolute atomic E-state index is 12.6. The number of hydrogen-bond acceptors (Lipinski definition) is 6. The van der Waals surface area contributed by atoms with Gasteiger partial charge in [-0.25, -0.2) is 8.42 Å². The molecule has 8 nitrogen and oxygen atoms in total. The number of para-hydroxylation sites is 1. The number of aromatic nitrogens is 1. The fourth-order valence-corrected chi connectivity index (χ4v) is 4.68. The molecule has 0 spiro atoms. The molecule has 0 saturated carbocycles. The van der Waals surface area contributed by atoms with E-state index in [0.29, 0.717) is 12.2 Å². The number of nitrogens with zero attached hydrogens (tertiary/aromatic N) is 1. The van der Waals surface area contributed by atoms with E-state index >= 15 is 0 Å². The van der Waals surface area contributed by atoms with E-state index in [4.69, 9.17) is 4.52 Å². The molecule has 1 aliphatic heterocycles. The van der Waals surface area contributed by atoms with Crippen molar-refractivity contribution in [2.45, 2.75) is 17.4 Å². The quantitative estimate of drug-likeness (QED) is 0.676. The third kappa shape index (κ3) is 4.04. The van der Waals surface area contributed by atoms with Crippen LogP contribution in [0.3, 0.4) is 0 Å². The minimum absolute atomic E-state index is 0.0247. The largest absolute Gasteiger partial charge is 0.360 e. The number of amides is 2. The zero-order valence-electron chi connectivity index (χ0n) is 15.2. The van der Waals surface area contributed by atoms with Gasteiger partial charge in [0.05, 0.1) is 16.3 Å². The number of anilines is 1. The zero-order chi connectivity index (χ0) is 20.4. The van der Waals surface area contributed by atoms with Crippen molar-refractivity contribution in [3.63, 3.8) is 0 Å². The molecule has 9 heteroatoms. The van der Waals surface area contributed by atoms with E-state index in [0.717, 1.165) is 5.56 Å². The predicted molar refractivity (Wildman–Crippen MR) is 104 cm³/mol. The highest BCUT2D eigenvalue weighted by atomic mass is 32.2. The number of nitrogens with one attached hydrogen (secondary N) is 2. The molecule has 0 fully saturated rings. The minimum atomic E-state index is -3.77. The summed E-state index contributed by atoms with van der Waals surface area (Å²) in [4.78, 5) is 25.0. The SMILES string of the molecule is O=C(N[C@@H]1CS(=O)(=O)c2ccccc2NC1=O)c1cc(Cc2ccccc2)on1. The fourth-order valence-electron chi connectivity index (χ4n) is 3.09. The fraction of sp³-hybridized carbons (Fsp3) is 0.150. The van der Waals surface area contributed by atoms with Gasteiger partial charge in [0.15, 0.2) is 15.5 Å². The second-order valence-corrected chi connectivity index (χ2v) is 8.64. The molecule has 1 aromatic heterocycles. The Balaban J connectivity index is 1.49. The summed E-state index contributed by atoms with van der Waals surface area (Å²) in [7, 11) is -3.77. The molecule has 2 heterocycles. The number of hydrogen-bond donors (Lipinski definition) is 2. The summed E-state index contributed by atoms with van der Waals surface area (Å²) >= 11 is 0. The number of rotatable bonds is 4. The molecule has 0 aliphatic carbocycles. The topological polar surface area (TPSA) is 118 Å². The first-order chi connectivity index (χ1) is 13.9. The van der Waals surface area contributed by atoms with Gasteiger partial charge in [-0.05, 0) is 17.7 Å². The van der Waals surface area contributed by atoms with Crippen molar-refractivity contribution in [3.8, 4) is 0 Å². The molecule has 0 radical (unpaired) electrons. The molecule has 2 N–H and O–H groups in total. The van der Waals surface area contributed by atoms with Crippen molar-refractivity contribution in [2.75, 3.05) is 11.1 Å². The predicted octanol–water partition coefficient (Wildman–Crippen LogP) is 1.79. The first-order valence-corrected chi connectivity index (χ1v) is 10.5. The van der Waals surface area contributed by atoms with Gasteiger partial charge in [0.25, 0.3) is 5.91 Å². The molecule has 0 saturated heterocycles. The molecule has 0 bridgehead atoms. The average molecular weight is 411 g/mol. The van der Waals surface area contributed by atoms with Crippen LogP contribution >= 0.6 is 0 Å². The highest BCUT2D eigenvalue weighted by Gasteiger charge is 2.34. The van der Waals surface area contributed by atoms with E-state index in [2.05, 4.69) is 15.8 Å². The third-order valence-corrected chi connectivity index (χ3v) is 6.30.